The van der Waals surface area contributed by atoms with E-state index in [0.717, 1.165) is 36.4 Å². The van der Waals surface area contributed by atoms with E-state index < -0.39 is 29.7 Å². The molecule has 1 unspecified atom stereocenters. The zero-order valence-corrected chi connectivity index (χ0v) is 33.4. The lowest BCUT2D eigenvalue weighted by Gasteiger charge is -2.43. The number of aromatic nitrogens is 2. The van der Waals surface area contributed by atoms with Crippen LogP contribution in [0.2, 0.25) is 0 Å². The van der Waals surface area contributed by atoms with Gasteiger partial charge in [-0.25, -0.2) is 4.98 Å². The van der Waals surface area contributed by atoms with Crippen molar-refractivity contribution >= 4 is 64.3 Å². The zero-order chi connectivity index (χ0) is 41.6. The van der Waals surface area contributed by atoms with Gasteiger partial charge in [-0.2, -0.15) is 4.98 Å². The molecule has 4 aliphatic rings. The summed E-state index contributed by atoms with van der Waals surface area (Å²) in [7, 11) is 3.28. The normalized spacial score (nSPS) is 19.2. The predicted octanol–water partition coefficient (Wildman–Crippen LogP) is 3.01. The first-order valence-electron chi connectivity index (χ1n) is 20.0. The number of carbonyl (C=O) groups excluding carboxylic acids is 6. The van der Waals surface area contributed by atoms with Gasteiger partial charge in [-0.05, 0) is 56.0 Å². The number of likely N-dealkylation sites (N-methyl/N-ethyl adjacent to an activating group) is 1. The minimum atomic E-state index is -1.04. The van der Waals surface area contributed by atoms with Crippen molar-refractivity contribution in [1.82, 2.24) is 25.5 Å². The molecule has 0 radical (unpaired) electrons. The summed E-state index contributed by atoms with van der Waals surface area (Å²) in [6.07, 6.45) is 6.76. The fourth-order valence-corrected chi connectivity index (χ4v) is 8.08. The molecule has 18 heteroatoms. The zero-order valence-electron chi connectivity index (χ0n) is 33.4. The van der Waals surface area contributed by atoms with E-state index >= 15 is 0 Å². The molecular weight excluding hydrogens is 763 g/mol. The van der Waals surface area contributed by atoms with Crippen molar-refractivity contribution < 1.29 is 43.0 Å². The Bertz CT molecular complexity index is 2130. The molecule has 59 heavy (non-hydrogen) atoms. The fourth-order valence-electron chi connectivity index (χ4n) is 8.08. The maximum atomic E-state index is 13.3. The molecule has 3 aliphatic heterocycles. The Hall–Kier alpha value is -6.14. The van der Waals surface area contributed by atoms with E-state index in [4.69, 9.17) is 19.2 Å². The van der Waals surface area contributed by atoms with Gasteiger partial charge in [0.15, 0.2) is 5.82 Å². The highest BCUT2D eigenvalue weighted by molar-refractivity contribution is 6.25. The number of hydrogen-bond donors (Lipinski definition) is 4. The van der Waals surface area contributed by atoms with Crippen molar-refractivity contribution in [3.8, 4) is 5.75 Å². The van der Waals surface area contributed by atoms with Gasteiger partial charge in [0.25, 0.3) is 17.7 Å². The van der Waals surface area contributed by atoms with Crippen LogP contribution >= 0.6 is 0 Å². The summed E-state index contributed by atoms with van der Waals surface area (Å²) in [4.78, 5) is 90.6. The number of ether oxygens (including phenoxy) is 3. The van der Waals surface area contributed by atoms with Crippen LogP contribution in [0.5, 0.6) is 5.75 Å². The van der Waals surface area contributed by atoms with Gasteiger partial charge in [0.2, 0.25) is 23.7 Å². The Balaban J connectivity index is 0.834. The number of imide groups is 2. The fraction of sp³-hybridized carbons (Fsp3) is 0.463. The molecule has 2 atom stereocenters. The van der Waals surface area contributed by atoms with Crippen molar-refractivity contribution in [3.63, 3.8) is 0 Å². The smallest absolute Gasteiger partial charge is 0.264 e. The van der Waals surface area contributed by atoms with E-state index in [-0.39, 0.29) is 80.8 Å². The highest BCUT2D eigenvalue weighted by atomic mass is 16.5. The van der Waals surface area contributed by atoms with E-state index in [1.54, 1.807) is 48.5 Å². The number of rotatable bonds is 17. The average Bonchev–Trinajstić information content (AvgIpc) is 3.86. The number of nitrogens with one attached hydrogen (secondary N) is 4. The molecule has 2 fully saturated rings. The van der Waals surface area contributed by atoms with Crippen LogP contribution in [0.25, 0.3) is 0 Å². The summed E-state index contributed by atoms with van der Waals surface area (Å²) in [5.41, 5.74) is 2.47. The van der Waals surface area contributed by atoms with Crippen molar-refractivity contribution in [2.45, 2.75) is 70.0 Å². The molecular formula is C41H49N9O9. The molecule has 1 aromatic heterocycles. The molecule has 4 N–H and O–H groups in total. The van der Waals surface area contributed by atoms with Crippen LogP contribution in [0, 0.1) is 0 Å². The van der Waals surface area contributed by atoms with Gasteiger partial charge in [0.05, 0.1) is 56.5 Å². The second kappa shape index (κ2) is 18.2. The number of methoxy groups -OCH3 is 1. The summed E-state index contributed by atoms with van der Waals surface area (Å²) in [5.74, 6) is -0.983. The van der Waals surface area contributed by atoms with Gasteiger partial charge in [-0.3, -0.25) is 39.0 Å². The number of benzene rings is 2. The summed E-state index contributed by atoms with van der Waals surface area (Å²) in [5, 5.41) is 11.4. The highest BCUT2D eigenvalue weighted by Gasteiger charge is 2.46. The largest absolute Gasteiger partial charge is 0.495 e. The highest BCUT2D eigenvalue weighted by Crippen LogP contribution is 2.40. The number of piperidine rings is 1. The van der Waals surface area contributed by atoms with Gasteiger partial charge in [0, 0.05) is 43.9 Å². The number of anilines is 5. The van der Waals surface area contributed by atoms with Gasteiger partial charge in [0.1, 0.15) is 23.5 Å². The SMILES string of the molecule is CC[C@@H]1C(=O)N(C)c2cnc(Nc3ccc(C(=O)NCCOCCOCCNc4cccc5c4C(=O)N(C4CCC(=O)NC4=O)C5=O)cc3OC)nc2N1C1CCCC1. The van der Waals surface area contributed by atoms with E-state index in [0.29, 0.717) is 47.3 Å². The minimum Gasteiger partial charge on any atom is -0.495 e. The second-order valence-electron chi connectivity index (χ2n) is 14.7. The molecule has 0 spiro atoms. The monoisotopic (exact) mass is 811 g/mol. The molecule has 1 saturated carbocycles. The predicted molar refractivity (Wildman–Crippen MR) is 216 cm³/mol. The van der Waals surface area contributed by atoms with E-state index in [1.165, 1.54) is 13.2 Å². The third kappa shape index (κ3) is 8.54. The van der Waals surface area contributed by atoms with Crippen LogP contribution < -0.4 is 35.8 Å². The van der Waals surface area contributed by atoms with Crippen molar-refractivity contribution in [1.29, 1.82) is 0 Å². The molecule has 18 nitrogen and oxygen atoms in total. The lowest BCUT2D eigenvalue weighted by atomic mass is 10.0. The summed E-state index contributed by atoms with van der Waals surface area (Å²) in [6, 6.07) is 8.84. The Kier molecular flexibility index (Phi) is 12.7. The van der Waals surface area contributed by atoms with E-state index in [9.17, 15) is 28.8 Å². The van der Waals surface area contributed by atoms with Crippen molar-refractivity contribution in [2.75, 3.05) is 74.1 Å². The van der Waals surface area contributed by atoms with Crippen LogP contribution in [-0.2, 0) is 23.9 Å². The van der Waals surface area contributed by atoms with Crippen LogP contribution in [0.15, 0.2) is 42.6 Å². The van der Waals surface area contributed by atoms with Crippen LogP contribution in [-0.4, -0.2) is 122 Å². The average molecular weight is 812 g/mol. The third-order valence-corrected chi connectivity index (χ3v) is 11.1. The van der Waals surface area contributed by atoms with Crippen molar-refractivity contribution in [3.05, 3.63) is 59.3 Å². The standard InChI is InChI=1S/C41H49N9O9/c1-4-29-39(55)48(2)31-23-44-41(47-35(31)49(29)25-8-5-6-9-25)45-27-13-12-24(22-32(27)57-3)36(52)43-17-19-59-21-20-58-18-16-42-28-11-7-10-26-34(28)40(56)50(38(26)54)30-14-15-33(51)46-37(30)53/h7,10-13,22-23,25,29-30,42H,4-6,8-9,14-21H2,1-3H3,(H,43,52)(H,44,45,47)(H,46,51,53)/t29-,30?/m1/s1. The maximum Gasteiger partial charge on any atom is 0.264 e. The van der Waals surface area contributed by atoms with Gasteiger partial charge in [-0.1, -0.05) is 25.8 Å². The number of carbonyl (C=O) groups is 6. The molecule has 0 bridgehead atoms. The molecule has 2 aromatic carbocycles. The van der Waals surface area contributed by atoms with Crippen LogP contribution in [0.4, 0.5) is 28.8 Å². The van der Waals surface area contributed by atoms with E-state index in [2.05, 4.69) is 31.2 Å². The molecule has 3 aromatic rings. The molecule has 1 aliphatic carbocycles. The number of fused-ring (bicyclic) bond motifs is 2. The first-order valence-corrected chi connectivity index (χ1v) is 20.0. The van der Waals surface area contributed by atoms with Crippen LogP contribution in [0.1, 0.15) is 82.9 Å². The minimum absolute atomic E-state index is 0.0476. The molecule has 7 rings (SSSR count). The van der Waals surface area contributed by atoms with Gasteiger partial charge in [-0.15, -0.1) is 0 Å². The number of amides is 6. The van der Waals surface area contributed by atoms with Gasteiger partial charge < -0.3 is 40.0 Å². The second-order valence-corrected chi connectivity index (χ2v) is 14.7. The molecule has 6 amide bonds. The quantitative estimate of drug-likeness (QED) is 0.114. The Labute approximate surface area is 341 Å². The lowest BCUT2D eigenvalue weighted by molar-refractivity contribution is -0.136. The number of nitrogens with zero attached hydrogens (tertiary/aromatic N) is 5. The topological polar surface area (TPSA) is 214 Å². The van der Waals surface area contributed by atoms with E-state index in [1.807, 2.05) is 6.92 Å². The first-order chi connectivity index (χ1) is 28.6. The number of hydrogen-bond acceptors (Lipinski definition) is 14. The summed E-state index contributed by atoms with van der Waals surface area (Å²) >= 11 is 0. The Morgan fingerprint density at radius 1 is 0.932 bits per heavy atom. The maximum absolute atomic E-state index is 13.3. The summed E-state index contributed by atoms with van der Waals surface area (Å²) in [6.45, 7) is 3.74. The Morgan fingerprint density at radius 3 is 2.42 bits per heavy atom. The van der Waals surface area contributed by atoms with Crippen LogP contribution in [0.3, 0.4) is 0 Å². The molecule has 1 saturated heterocycles. The van der Waals surface area contributed by atoms with Crippen molar-refractivity contribution in [2.24, 2.45) is 0 Å². The first kappa shape index (κ1) is 41.0. The summed E-state index contributed by atoms with van der Waals surface area (Å²) < 4.78 is 16.9. The molecule has 4 heterocycles. The third-order valence-electron chi connectivity index (χ3n) is 11.1. The van der Waals surface area contributed by atoms with Gasteiger partial charge >= 0.3 is 0 Å². The molecule has 312 valence electrons. The Morgan fingerprint density at radius 2 is 1.69 bits per heavy atom. The lowest BCUT2D eigenvalue weighted by Crippen LogP contribution is -2.55.